The van der Waals surface area contributed by atoms with Crippen LogP contribution in [0, 0.1) is 0 Å². The largest absolute Gasteiger partial charge is 0.330 e. The molecule has 1 heterocycles. The van der Waals surface area contributed by atoms with Crippen LogP contribution in [-0.2, 0) is 0 Å². The summed E-state index contributed by atoms with van der Waals surface area (Å²) in [5.74, 6) is 0.453. The Kier molecular flexibility index (Phi) is 4.31. The van der Waals surface area contributed by atoms with Gasteiger partial charge in [0, 0.05) is 21.3 Å². The van der Waals surface area contributed by atoms with Gasteiger partial charge in [-0.2, -0.15) is 0 Å². The Morgan fingerprint density at radius 3 is 2.71 bits per heavy atom. The monoisotopic (exact) mass is 310 g/mol. The third kappa shape index (κ3) is 3.15. The molecule has 1 atom stereocenters. The van der Waals surface area contributed by atoms with Crippen molar-refractivity contribution >= 4 is 27.3 Å². The summed E-state index contributed by atoms with van der Waals surface area (Å²) in [5.41, 5.74) is 7.79. The van der Waals surface area contributed by atoms with Crippen molar-refractivity contribution < 1.29 is 0 Å². The summed E-state index contributed by atoms with van der Waals surface area (Å²) >= 11 is 5.15. The highest BCUT2D eigenvalue weighted by atomic mass is 79.9. The second kappa shape index (κ2) is 5.76. The average Bonchev–Trinajstić information content (AvgIpc) is 2.80. The summed E-state index contributed by atoms with van der Waals surface area (Å²) in [6.45, 7) is 2.89. The Bertz CT molecular complexity index is 478. The Hall–Kier alpha value is -0.710. The Morgan fingerprint density at radius 2 is 2.06 bits per heavy atom. The van der Waals surface area contributed by atoms with E-state index in [-0.39, 0.29) is 0 Å². The first-order valence-electron chi connectivity index (χ1n) is 5.62. The molecule has 0 radical (unpaired) electrons. The van der Waals surface area contributed by atoms with Gasteiger partial charge in [-0.15, -0.1) is 11.3 Å². The minimum atomic E-state index is 0.453. The summed E-state index contributed by atoms with van der Waals surface area (Å²) in [4.78, 5) is 4.68. The molecular formula is C13H15BrN2S. The van der Waals surface area contributed by atoms with Crippen LogP contribution in [0.3, 0.4) is 0 Å². The summed E-state index contributed by atoms with van der Waals surface area (Å²) < 4.78 is 1.09. The van der Waals surface area contributed by atoms with E-state index in [4.69, 9.17) is 5.73 Å². The predicted molar refractivity (Wildman–Crippen MR) is 77.3 cm³/mol. The summed E-state index contributed by atoms with van der Waals surface area (Å²) in [6.07, 6.45) is 0.993. The highest BCUT2D eigenvalue weighted by Gasteiger charge is 2.10. The molecule has 0 saturated heterocycles. The number of aromatic nitrogens is 1. The van der Waals surface area contributed by atoms with Gasteiger partial charge in [0.1, 0.15) is 0 Å². The Labute approximate surface area is 114 Å². The molecule has 1 aromatic carbocycles. The van der Waals surface area contributed by atoms with E-state index >= 15 is 0 Å². The number of nitrogens with zero attached hydrogens (tertiary/aromatic N) is 1. The normalized spacial score (nSPS) is 12.6. The van der Waals surface area contributed by atoms with E-state index in [1.165, 1.54) is 5.01 Å². The molecule has 1 unspecified atom stereocenters. The van der Waals surface area contributed by atoms with Crippen molar-refractivity contribution in [2.24, 2.45) is 5.73 Å². The number of halogens is 1. The summed E-state index contributed by atoms with van der Waals surface area (Å²) in [6, 6.07) is 8.24. The van der Waals surface area contributed by atoms with Crippen molar-refractivity contribution in [2.45, 2.75) is 19.3 Å². The number of thiazole rings is 1. The van der Waals surface area contributed by atoms with E-state index in [1.54, 1.807) is 11.3 Å². The van der Waals surface area contributed by atoms with Crippen molar-refractivity contribution in [1.82, 2.24) is 4.98 Å². The minimum Gasteiger partial charge on any atom is -0.330 e. The molecule has 90 valence electrons. The zero-order valence-electron chi connectivity index (χ0n) is 9.69. The molecule has 0 aliphatic rings. The van der Waals surface area contributed by atoms with Crippen LogP contribution in [0.1, 0.15) is 24.3 Å². The quantitative estimate of drug-likeness (QED) is 0.926. The zero-order chi connectivity index (χ0) is 12.3. The first kappa shape index (κ1) is 12.7. The molecule has 2 N–H and O–H groups in total. The third-order valence-corrected chi connectivity index (χ3v) is 4.29. The van der Waals surface area contributed by atoms with Crippen LogP contribution in [0.15, 0.2) is 34.1 Å². The number of benzene rings is 1. The summed E-state index contributed by atoms with van der Waals surface area (Å²) in [5, 5.41) is 3.29. The number of hydrogen-bond acceptors (Lipinski definition) is 3. The Balaban J connectivity index is 2.20. The number of rotatable bonds is 4. The second-order valence-corrected chi connectivity index (χ2v) is 5.86. The van der Waals surface area contributed by atoms with Crippen molar-refractivity contribution in [3.8, 4) is 11.3 Å². The van der Waals surface area contributed by atoms with Crippen LogP contribution >= 0.6 is 27.3 Å². The molecule has 2 rings (SSSR count). The molecular weight excluding hydrogens is 296 g/mol. The van der Waals surface area contributed by atoms with Gasteiger partial charge in [0.2, 0.25) is 0 Å². The summed E-state index contributed by atoms with van der Waals surface area (Å²) in [7, 11) is 0. The van der Waals surface area contributed by atoms with E-state index in [9.17, 15) is 0 Å². The fourth-order valence-electron chi connectivity index (χ4n) is 1.64. The van der Waals surface area contributed by atoms with Gasteiger partial charge in [-0.05, 0) is 25.1 Å². The standard InChI is InChI=1S/C13H15BrN2S/c1-9(6-7-15)13-16-12(8-17-13)10-2-4-11(14)5-3-10/h2-5,8-9H,6-7,15H2,1H3. The lowest BCUT2D eigenvalue weighted by Gasteiger charge is -2.04. The average molecular weight is 311 g/mol. The molecule has 0 aliphatic heterocycles. The van der Waals surface area contributed by atoms with Gasteiger partial charge in [0.25, 0.3) is 0 Å². The van der Waals surface area contributed by atoms with Gasteiger partial charge in [0.05, 0.1) is 10.7 Å². The van der Waals surface area contributed by atoms with Gasteiger partial charge < -0.3 is 5.73 Å². The SMILES string of the molecule is CC(CCN)c1nc(-c2ccc(Br)cc2)cs1. The lowest BCUT2D eigenvalue weighted by molar-refractivity contribution is 0.685. The minimum absolute atomic E-state index is 0.453. The second-order valence-electron chi connectivity index (χ2n) is 4.06. The van der Waals surface area contributed by atoms with Crippen LogP contribution in [0.25, 0.3) is 11.3 Å². The fraction of sp³-hybridized carbons (Fsp3) is 0.308. The first-order valence-corrected chi connectivity index (χ1v) is 7.29. The van der Waals surface area contributed by atoms with Crippen molar-refractivity contribution in [1.29, 1.82) is 0 Å². The van der Waals surface area contributed by atoms with Gasteiger partial charge >= 0.3 is 0 Å². The molecule has 4 heteroatoms. The van der Waals surface area contributed by atoms with Crippen molar-refractivity contribution in [3.05, 3.63) is 39.1 Å². The van der Waals surface area contributed by atoms with Gasteiger partial charge in [-0.1, -0.05) is 35.0 Å². The molecule has 1 aromatic heterocycles. The Morgan fingerprint density at radius 1 is 1.35 bits per heavy atom. The molecule has 0 aliphatic carbocycles. The van der Waals surface area contributed by atoms with Crippen LogP contribution in [-0.4, -0.2) is 11.5 Å². The van der Waals surface area contributed by atoms with Gasteiger partial charge in [0.15, 0.2) is 0 Å². The zero-order valence-corrected chi connectivity index (χ0v) is 12.1. The van der Waals surface area contributed by atoms with Gasteiger partial charge in [-0.3, -0.25) is 0 Å². The van der Waals surface area contributed by atoms with Crippen molar-refractivity contribution in [3.63, 3.8) is 0 Å². The molecule has 0 saturated carbocycles. The molecule has 0 amide bonds. The number of hydrogen-bond donors (Lipinski definition) is 1. The predicted octanol–water partition coefficient (Wildman–Crippen LogP) is 4.02. The fourth-order valence-corrected chi connectivity index (χ4v) is 2.83. The maximum absolute atomic E-state index is 5.57. The highest BCUT2D eigenvalue weighted by molar-refractivity contribution is 9.10. The molecule has 0 bridgehead atoms. The lowest BCUT2D eigenvalue weighted by atomic mass is 10.1. The van der Waals surface area contributed by atoms with Gasteiger partial charge in [-0.25, -0.2) is 4.98 Å². The molecule has 2 nitrogen and oxygen atoms in total. The first-order chi connectivity index (χ1) is 8.20. The van der Waals surface area contributed by atoms with Crippen LogP contribution in [0.5, 0.6) is 0 Å². The van der Waals surface area contributed by atoms with Crippen molar-refractivity contribution in [2.75, 3.05) is 6.54 Å². The van der Waals surface area contributed by atoms with E-state index in [0.717, 1.165) is 22.2 Å². The van der Waals surface area contributed by atoms with Crippen LogP contribution in [0.4, 0.5) is 0 Å². The third-order valence-electron chi connectivity index (χ3n) is 2.68. The van der Waals surface area contributed by atoms with E-state index in [2.05, 4.69) is 45.4 Å². The van der Waals surface area contributed by atoms with E-state index in [0.29, 0.717) is 12.5 Å². The number of nitrogens with two attached hydrogens (primary N) is 1. The molecule has 17 heavy (non-hydrogen) atoms. The maximum atomic E-state index is 5.57. The maximum Gasteiger partial charge on any atom is 0.0961 e. The molecule has 0 spiro atoms. The smallest absolute Gasteiger partial charge is 0.0961 e. The lowest BCUT2D eigenvalue weighted by Crippen LogP contribution is -2.04. The molecule has 0 fully saturated rings. The van der Waals surface area contributed by atoms with E-state index < -0.39 is 0 Å². The van der Waals surface area contributed by atoms with E-state index in [1.807, 2.05) is 12.1 Å². The topological polar surface area (TPSA) is 38.9 Å². The van der Waals surface area contributed by atoms with Crippen LogP contribution < -0.4 is 5.73 Å². The molecule has 2 aromatic rings. The van der Waals surface area contributed by atoms with Crippen LogP contribution in [0.2, 0.25) is 0 Å². The highest BCUT2D eigenvalue weighted by Crippen LogP contribution is 2.28.